The van der Waals surface area contributed by atoms with E-state index in [1.807, 2.05) is 0 Å². The van der Waals surface area contributed by atoms with Crippen LogP contribution in [0.25, 0.3) is 0 Å². The van der Waals surface area contributed by atoms with E-state index in [2.05, 4.69) is 73.5 Å². The van der Waals surface area contributed by atoms with Crippen LogP contribution in [-0.2, 0) is 17.8 Å². The van der Waals surface area contributed by atoms with Crippen molar-refractivity contribution >= 4 is 11.6 Å². The van der Waals surface area contributed by atoms with Crippen LogP contribution in [-0.4, -0.2) is 26.1 Å². The largest absolute Gasteiger partial charge is 0.324 e. The second-order valence-corrected chi connectivity index (χ2v) is 9.13. The molecule has 6 nitrogen and oxygen atoms in total. The number of para-hydroxylation sites is 1. The highest BCUT2D eigenvalue weighted by molar-refractivity contribution is 5.92. The molecule has 0 aliphatic rings. The average Bonchev–Trinajstić information content (AvgIpc) is 3.16. The Bertz CT molecular complexity index is 771. The topological polar surface area (TPSA) is 72.7 Å². The molecular formula is C25H41N5O. The van der Waals surface area contributed by atoms with E-state index in [4.69, 9.17) is 0 Å². The van der Waals surface area contributed by atoms with Crippen LogP contribution in [0.3, 0.4) is 0 Å². The predicted octanol–water partition coefficient (Wildman–Crippen LogP) is 6.24. The van der Waals surface area contributed by atoms with Crippen molar-refractivity contribution in [3.05, 3.63) is 35.2 Å². The van der Waals surface area contributed by atoms with Crippen molar-refractivity contribution < 1.29 is 4.79 Å². The third kappa shape index (κ3) is 8.42. The molecule has 1 heterocycles. The number of nitrogens with one attached hydrogen (secondary N) is 1. The lowest BCUT2D eigenvalue weighted by atomic mass is 9.92. The zero-order chi connectivity index (χ0) is 22.6. The summed E-state index contributed by atoms with van der Waals surface area (Å²) in [5.74, 6) is 1.27. The summed E-state index contributed by atoms with van der Waals surface area (Å²) in [7, 11) is 0. The molecule has 1 amide bonds. The van der Waals surface area contributed by atoms with Crippen molar-refractivity contribution in [1.29, 1.82) is 0 Å². The Hall–Kier alpha value is -2.24. The minimum absolute atomic E-state index is 0.0778. The number of tetrazole rings is 1. The number of hydrogen-bond acceptors (Lipinski definition) is 4. The Morgan fingerprint density at radius 3 is 2.10 bits per heavy atom. The number of benzene rings is 1. The molecule has 0 atom stereocenters. The van der Waals surface area contributed by atoms with Gasteiger partial charge in [-0.05, 0) is 34.6 Å². The fraction of sp³-hybridized carbons (Fsp3) is 0.680. The molecule has 1 N–H and O–H groups in total. The summed E-state index contributed by atoms with van der Waals surface area (Å²) in [4.78, 5) is 14.1. The highest BCUT2D eigenvalue weighted by Crippen LogP contribution is 2.32. The molecule has 0 unspecified atom stereocenters. The maximum atomic E-state index is 12.7. The van der Waals surface area contributed by atoms with Gasteiger partial charge in [0.05, 0.1) is 0 Å². The molecule has 0 saturated carbocycles. The number of hydrogen-bond donors (Lipinski definition) is 1. The van der Waals surface area contributed by atoms with Gasteiger partial charge in [-0.3, -0.25) is 4.79 Å². The monoisotopic (exact) mass is 427 g/mol. The highest BCUT2D eigenvalue weighted by atomic mass is 16.2. The first kappa shape index (κ1) is 25.0. The quantitative estimate of drug-likeness (QED) is 0.362. The van der Waals surface area contributed by atoms with Crippen molar-refractivity contribution in [1.82, 2.24) is 20.2 Å². The van der Waals surface area contributed by atoms with Gasteiger partial charge in [-0.15, -0.1) is 10.2 Å². The first-order valence-electron chi connectivity index (χ1n) is 12.1. The normalized spacial score (nSPS) is 11.5. The minimum atomic E-state index is -0.119. The van der Waals surface area contributed by atoms with E-state index in [9.17, 15) is 4.79 Å². The predicted molar refractivity (Wildman–Crippen MR) is 127 cm³/mol. The molecule has 0 saturated heterocycles. The smallest absolute Gasteiger partial charge is 0.248 e. The summed E-state index contributed by atoms with van der Waals surface area (Å²) in [6.07, 6.45) is 11.0. The molecule has 1 aromatic carbocycles. The number of carbonyl (C=O) groups is 1. The van der Waals surface area contributed by atoms with Gasteiger partial charge in [0, 0.05) is 12.1 Å². The summed E-state index contributed by atoms with van der Waals surface area (Å²) in [6.45, 7) is 10.9. The molecule has 0 aliphatic carbocycles. The third-order valence-corrected chi connectivity index (χ3v) is 5.67. The lowest BCUT2D eigenvalue weighted by Crippen LogP contribution is -2.22. The number of rotatable bonds is 14. The number of aromatic nitrogens is 4. The molecule has 6 heteroatoms. The molecule has 1 aromatic heterocycles. The van der Waals surface area contributed by atoms with Gasteiger partial charge in [-0.1, -0.05) is 97.8 Å². The SMILES string of the molecule is CCCCCCCCCCc1nnn(CC(=O)Nc2c(C(C)C)cccc2C(C)C)n1. The summed E-state index contributed by atoms with van der Waals surface area (Å²) in [6, 6.07) is 6.24. The standard InChI is InChI=1S/C25H41N5O/c1-6-7-8-9-10-11-12-13-17-23-27-29-30(28-23)18-24(31)26-25-21(19(2)3)15-14-16-22(25)20(4)5/h14-16,19-20H,6-13,17-18H2,1-5H3,(H,26,31). The van der Waals surface area contributed by atoms with E-state index in [1.54, 1.807) is 0 Å². The van der Waals surface area contributed by atoms with E-state index in [0.717, 1.165) is 35.5 Å². The number of aryl methyl sites for hydroxylation is 1. The Balaban J connectivity index is 1.83. The molecule has 0 fully saturated rings. The second-order valence-electron chi connectivity index (χ2n) is 9.13. The van der Waals surface area contributed by atoms with Crippen LogP contribution < -0.4 is 5.32 Å². The molecule has 0 spiro atoms. The van der Waals surface area contributed by atoms with Crippen LogP contribution in [0.2, 0.25) is 0 Å². The maximum Gasteiger partial charge on any atom is 0.248 e. The van der Waals surface area contributed by atoms with Crippen molar-refractivity contribution in [3.8, 4) is 0 Å². The van der Waals surface area contributed by atoms with Crippen molar-refractivity contribution in [2.45, 2.75) is 111 Å². The molecule has 0 radical (unpaired) electrons. The van der Waals surface area contributed by atoms with Crippen LogP contribution in [0.5, 0.6) is 0 Å². The number of carbonyl (C=O) groups excluding carboxylic acids is 1. The van der Waals surface area contributed by atoms with Gasteiger partial charge in [0.2, 0.25) is 5.91 Å². The van der Waals surface area contributed by atoms with E-state index in [1.165, 1.54) is 49.7 Å². The number of anilines is 1. The van der Waals surface area contributed by atoms with Gasteiger partial charge in [-0.2, -0.15) is 4.80 Å². The van der Waals surface area contributed by atoms with Crippen LogP contribution in [0, 0.1) is 0 Å². The highest BCUT2D eigenvalue weighted by Gasteiger charge is 2.17. The van der Waals surface area contributed by atoms with Gasteiger partial charge >= 0.3 is 0 Å². The lowest BCUT2D eigenvalue weighted by Gasteiger charge is -2.20. The van der Waals surface area contributed by atoms with Crippen molar-refractivity contribution in [3.63, 3.8) is 0 Å². The van der Waals surface area contributed by atoms with Crippen LogP contribution >= 0.6 is 0 Å². The first-order chi connectivity index (χ1) is 14.9. The molecule has 0 bridgehead atoms. The Morgan fingerprint density at radius 2 is 1.52 bits per heavy atom. The van der Waals surface area contributed by atoms with Crippen LogP contribution in [0.15, 0.2) is 18.2 Å². The van der Waals surface area contributed by atoms with Gasteiger partial charge < -0.3 is 5.32 Å². The summed E-state index contributed by atoms with van der Waals surface area (Å²) in [5.41, 5.74) is 3.24. The Morgan fingerprint density at radius 1 is 0.935 bits per heavy atom. The third-order valence-electron chi connectivity index (χ3n) is 5.67. The zero-order valence-corrected chi connectivity index (χ0v) is 20.2. The fourth-order valence-corrected chi connectivity index (χ4v) is 3.86. The fourth-order valence-electron chi connectivity index (χ4n) is 3.86. The van der Waals surface area contributed by atoms with Crippen molar-refractivity contribution in [2.75, 3.05) is 5.32 Å². The van der Waals surface area contributed by atoms with Gasteiger partial charge in [0.25, 0.3) is 0 Å². The second kappa shape index (κ2) is 13.2. The molecule has 2 aromatic rings. The number of nitrogens with zero attached hydrogens (tertiary/aromatic N) is 4. The Kier molecular flexibility index (Phi) is 10.7. The average molecular weight is 428 g/mol. The summed E-state index contributed by atoms with van der Waals surface area (Å²) < 4.78 is 0. The molecule has 0 aliphatic heterocycles. The van der Waals surface area contributed by atoms with Crippen molar-refractivity contribution in [2.24, 2.45) is 0 Å². The van der Waals surface area contributed by atoms with Gasteiger partial charge in [0.15, 0.2) is 5.82 Å². The Labute approximate surface area is 188 Å². The van der Waals surface area contributed by atoms with E-state index < -0.39 is 0 Å². The molecule has 172 valence electrons. The zero-order valence-electron chi connectivity index (χ0n) is 20.2. The van der Waals surface area contributed by atoms with E-state index in [0.29, 0.717) is 11.8 Å². The van der Waals surface area contributed by atoms with E-state index in [-0.39, 0.29) is 12.5 Å². The van der Waals surface area contributed by atoms with E-state index >= 15 is 0 Å². The van der Waals surface area contributed by atoms with Gasteiger partial charge in [0.1, 0.15) is 6.54 Å². The van der Waals surface area contributed by atoms with Gasteiger partial charge in [-0.25, -0.2) is 0 Å². The summed E-state index contributed by atoms with van der Waals surface area (Å²) >= 11 is 0. The molecule has 2 rings (SSSR count). The lowest BCUT2D eigenvalue weighted by molar-refractivity contribution is -0.117. The van der Waals surface area contributed by atoms with Crippen LogP contribution in [0.4, 0.5) is 5.69 Å². The minimum Gasteiger partial charge on any atom is -0.324 e. The molecule has 31 heavy (non-hydrogen) atoms. The number of unbranched alkanes of at least 4 members (excludes halogenated alkanes) is 7. The summed E-state index contributed by atoms with van der Waals surface area (Å²) in [5, 5.41) is 15.7. The molecular weight excluding hydrogens is 386 g/mol. The maximum absolute atomic E-state index is 12.7. The number of amides is 1. The first-order valence-corrected chi connectivity index (χ1v) is 12.1. The van der Waals surface area contributed by atoms with Crippen LogP contribution in [0.1, 0.15) is 115 Å².